The van der Waals surface area contributed by atoms with Gasteiger partial charge in [0.15, 0.2) is 0 Å². The Morgan fingerprint density at radius 3 is 2.91 bits per heavy atom. The zero-order valence-electron chi connectivity index (χ0n) is 13.0. The Bertz CT molecular complexity index is 675. The molecule has 1 atom stereocenters. The fourth-order valence-electron chi connectivity index (χ4n) is 3.75. The Morgan fingerprint density at radius 2 is 2.13 bits per heavy atom. The lowest BCUT2D eigenvalue weighted by molar-refractivity contribution is -0.136. The summed E-state index contributed by atoms with van der Waals surface area (Å²) in [4.78, 5) is 25.8. The number of hydrogen-bond donors (Lipinski definition) is 0. The van der Waals surface area contributed by atoms with Gasteiger partial charge < -0.3 is 4.90 Å². The minimum atomic E-state index is -0.167. The summed E-state index contributed by atoms with van der Waals surface area (Å²) in [7, 11) is 0. The van der Waals surface area contributed by atoms with Crippen molar-refractivity contribution < 1.29 is 4.79 Å². The van der Waals surface area contributed by atoms with E-state index in [1.807, 2.05) is 34.8 Å². The number of nitrogens with zero attached hydrogens (tertiary/aromatic N) is 4. The van der Waals surface area contributed by atoms with Crippen LogP contribution in [0.1, 0.15) is 23.4 Å². The van der Waals surface area contributed by atoms with Crippen molar-refractivity contribution in [2.45, 2.75) is 25.9 Å². The van der Waals surface area contributed by atoms with Crippen molar-refractivity contribution in [2.75, 3.05) is 19.6 Å². The lowest BCUT2D eigenvalue weighted by Crippen LogP contribution is -2.36. The van der Waals surface area contributed by atoms with E-state index in [1.54, 1.807) is 17.5 Å². The van der Waals surface area contributed by atoms with Gasteiger partial charge in [-0.1, -0.05) is 6.07 Å². The third-order valence-corrected chi connectivity index (χ3v) is 5.74. The molecule has 23 heavy (non-hydrogen) atoms. The molecule has 2 aromatic rings. The highest BCUT2D eigenvalue weighted by Gasteiger charge is 2.50. The number of amides is 1. The van der Waals surface area contributed by atoms with Gasteiger partial charge in [0.1, 0.15) is 5.01 Å². The molecule has 0 saturated carbocycles. The molecule has 0 radical (unpaired) electrons. The van der Waals surface area contributed by atoms with Gasteiger partial charge >= 0.3 is 0 Å². The van der Waals surface area contributed by atoms with Crippen LogP contribution in [0.5, 0.6) is 0 Å². The number of thiazole rings is 1. The van der Waals surface area contributed by atoms with E-state index >= 15 is 0 Å². The molecule has 4 rings (SSSR count). The highest BCUT2D eigenvalue weighted by Crippen LogP contribution is 2.41. The van der Waals surface area contributed by atoms with Crippen molar-refractivity contribution in [1.29, 1.82) is 0 Å². The molecule has 1 spiro atoms. The average Bonchev–Trinajstić information content (AvgIpc) is 3.28. The highest BCUT2D eigenvalue weighted by atomic mass is 32.1. The summed E-state index contributed by atoms with van der Waals surface area (Å²) < 4.78 is 0. The fraction of sp³-hybridized carbons (Fsp3) is 0.471. The zero-order chi connectivity index (χ0) is 15.7. The van der Waals surface area contributed by atoms with Crippen LogP contribution in [0, 0.1) is 5.41 Å². The van der Waals surface area contributed by atoms with E-state index in [2.05, 4.69) is 14.9 Å². The smallest absolute Gasteiger partial charge is 0.230 e. The molecule has 0 bridgehead atoms. The van der Waals surface area contributed by atoms with Gasteiger partial charge in [0.2, 0.25) is 5.91 Å². The summed E-state index contributed by atoms with van der Waals surface area (Å²) in [5, 5.41) is 3.15. The van der Waals surface area contributed by atoms with E-state index in [0.717, 1.165) is 49.6 Å². The van der Waals surface area contributed by atoms with Crippen molar-refractivity contribution in [3.05, 3.63) is 46.7 Å². The van der Waals surface area contributed by atoms with Crippen LogP contribution in [-0.2, 0) is 17.9 Å². The zero-order valence-corrected chi connectivity index (χ0v) is 13.8. The summed E-state index contributed by atoms with van der Waals surface area (Å²) in [6, 6.07) is 3.96. The minimum Gasteiger partial charge on any atom is -0.338 e. The SMILES string of the molecule is O=C1N(Cc2cccnc2)CC[C@@]12CCN(Cc1nccs1)C2. The second kappa shape index (κ2) is 6.02. The first-order valence-corrected chi connectivity index (χ1v) is 8.92. The minimum absolute atomic E-state index is 0.167. The predicted octanol–water partition coefficient (Wildman–Crippen LogP) is 2.16. The molecule has 0 aliphatic carbocycles. The largest absolute Gasteiger partial charge is 0.338 e. The Morgan fingerprint density at radius 1 is 1.22 bits per heavy atom. The molecule has 1 amide bonds. The number of pyridine rings is 1. The normalized spacial score (nSPS) is 24.9. The second-order valence-electron chi connectivity index (χ2n) is 6.50. The van der Waals surface area contributed by atoms with Crippen LogP contribution in [0.25, 0.3) is 0 Å². The van der Waals surface area contributed by atoms with Crippen LogP contribution in [-0.4, -0.2) is 45.3 Å². The van der Waals surface area contributed by atoms with Crippen molar-refractivity contribution in [3.8, 4) is 0 Å². The van der Waals surface area contributed by atoms with Crippen LogP contribution >= 0.6 is 11.3 Å². The first-order chi connectivity index (χ1) is 11.3. The van der Waals surface area contributed by atoms with Crippen LogP contribution in [0.2, 0.25) is 0 Å². The molecule has 2 fully saturated rings. The highest BCUT2D eigenvalue weighted by molar-refractivity contribution is 7.09. The van der Waals surface area contributed by atoms with E-state index in [0.29, 0.717) is 12.5 Å². The Kier molecular flexibility index (Phi) is 3.87. The second-order valence-corrected chi connectivity index (χ2v) is 7.48. The quantitative estimate of drug-likeness (QED) is 0.863. The first-order valence-electron chi connectivity index (χ1n) is 8.04. The van der Waals surface area contributed by atoms with E-state index < -0.39 is 0 Å². The van der Waals surface area contributed by atoms with Crippen LogP contribution in [0.4, 0.5) is 0 Å². The molecule has 2 aliphatic heterocycles. The lowest BCUT2D eigenvalue weighted by Gasteiger charge is -2.23. The maximum atomic E-state index is 12.9. The van der Waals surface area contributed by atoms with Gasteiger partial charge in [0, 0.05) is 43.6 Å². The maximum Gasteiger partial charge on any atom is 0.230 e. The number of likely N-dealkylation sites (tertiary alicyclic amines) is 2. The van der Waals surface area contributed by atoms with E-state index in [4.69, 9.17) is 0 Å². The molecule has 2 saturated heterocycles. The van der Waals surface area contributed by atoms with Gasteiger partial charge in [-0.2, -0.15) is 0 Å². The predicted molar refractivity (Wildman–Crippen MR) is 88.7 cm³/mol. The molecule has 0 N–H and O–H groups in total. The van der Waals surface area contributed by atoms with Crippen LogP contribution < -0.4 is 0 Å². The van der Waals surface area contributed by atoms with E-state index in [1.165, 1.54) is 0 Å². The third-order valence-electron chi connectivity index (χ3n) is 4.97. The summed E-state index contributed by atoms with van der Waals surface area (Å²) in [6.07, 6.45) is 7.41. The van der Waals surface area contributed by atoms with Crippen LogP contribution in [0.15, 0.2) is 36.1 Å². The number of rotatable bonds is 4. The molecule has 0 aromatic carbocycles. The van der Waals surface area contributed by atoms with Gasteiger partial charge in [0.05, 0.1) is 12.0 Å². The summed E-state index contributed by atoms with van der Waals surface area (Å²) in [5.41, 5.74) is 0.940. The molecule has 120 valence electrons. The summed E-state index contributed by atoms with van der Waals surface area (Å²) in [6.45, 7) is 4.27. The number of carbonyl (C=O) groups excluding carboxylic acids is 1. The maximum absolute atomic E-state index is 12.9. The number of hydrogen-bond acceptors (Lipinski definition) is 5. The molecule has 0 unspecified atom stereocenters. The van der Waals surface area contributed by atoms with Crippen LogP contribution in [0.3, 0.4) is 0 Å². The molecule has 5 nitrogen and oxygen atoms in total. The van der Waals surface area contributed by atoms with Crippen molar-refractivity contribution in [1.82, 2.24) is 19.8 Å². The fourth-order valence-corrected chi connectivity index (χ4v) is 4.41. The van der Waals surface area contributed by atoms with Gasteiger partial charge in [-0.3, -0.25) is 14.7 Å². The molecule has 2 aliphatic rings. The Labute approximate surface area is 140 Å². The number of carbonyl (C=O) groups is 1. The monoisotopic (exact) mass is 328 g/mol. The summed E-state index contributed by atoms with van der Waals surface area (Å²) >= 11 is 1.69. The van der Waals surface area contributed by atoms with Gasteiger partial charge in [-0.05, 0) is 31.0 Å². The molecular formula is C17H20N4OS. The Hall–Kier alpha value is -1.79. The van der Waals surface area contributed by atoms with Crippen molar-refractivity contribution in [3.63, 3.8) is 0 Å². The summed E-state index contributed by atoms with van der Waals surface area (Å²) in [5.74, 6) is 0.322. The van der Waals surface area contributed by atoms with Crippen molar-refractivity contribution in [2.24, 2.45) is 5.41 Å². The van der Waals surface area contributed by atoms with E-state index in [9.17, 15) is 4.79 Å². The molecule has 4 heterocycles. The molecular weight excluding hydrogens is 308 g/mol. The topological polar surface area (TPSA) is 49.3 Å². The average molecular weight is 328 g/mol. The first kappa shape index (κ1) is 14.8. The van der Waals surface area contributed by atoms with Gasteiger partial charge in [0.25, 0.3) is 0 Å². The molecule has 6 heteroatoms. The molecule has 2 aromatic heterocycles. The lowest BCUT2D eigenvalue weighted by atomic mass is 9.85. The standard InChI is InChI=1S/C17H20N4OS/c22-16-17(3-7-20(13-17)12-15-19-6-9-23-15)4-8-21(16)11-14-2-1-5-18-10-14/h1-2,5-6,9-10H,3-4,7-8,11-13H2/t17-/m1/s1. The van der Waals surface area contributed by atoms with Crippen molar-refractivity contribution >= 4 is 17.2 Å². The Balaban J connectivity index is 1.41. The van der Waals surface area contributed by atoms with Gasteiger partial charge in [-0.25, -0.2) is 4.98 Å². The van der Waals surface area contributed by atoms with Gasteiger partial charge in [-0.15, -0.1) is 11.3 Å². The number of aromatic nitrogens is 2. The third kappa shape index (κ3) is 2.88. The van der Waals surface area contributed by atoms with E-state index in [-0.39, 0.29) is 5.41 Å².